The molecule has 9 heteroatoms. The van der Waals surface area contributed by atoms with E-state index in [0.29, 0.717) is 4.90 Å². The van der Waals surface area contributed by atoms with Gasteiger partial charge in [-0.2, -0.15) is 13.2 Å². The van der Waals surface area contributed by atoms with Crippen LogP contribution < -0.4 is 0 Å². The molecule has 0 atom stereocenters. The van der Waals surface area contributed by atoms with Crippen LogP contribution in [0.3, 0.4) is 0 Å². The maximum atomic E-state index is 13.6. The predicted octanol–water partition coefficient (Wildman–Crippen LogP) is 3.72. The molecule has 118 valence electrons. The molecule has 22 heavy (non-hydrogen) atoms. The molecule has 0 radical (unpaired) electrons. The normalized spacial score (nSPS) is 11.5. The Morgan fingerprint density at radius 2 is 1.86 bits per heavy atom. The van der Waals surface area contributed by atoms with Crippen LogP contribution in [0.1, 0.15) is 10.5 Å². The molecule has 1 aromatic carbocycles. The van der Waals surface area contributed by atoms with Gasteiger partial charge in [-0.05, 0) is 12.1 Å². The fraction of sp³-hybridized carbons (Fsp3) is 0.231. The topological polar surface area (TPSA) is 33.2 Å². The van der Waals surface area contributed by atoms with Crippen molar-refractivity contribution in [1.29, 1.82) is 0 Å². The number of amides is 1. The minimum absolute atomic E-state index is 0.112. The Labute approximate surface area is 126 Å². The van der Waals surface area contributed by atoms with Crippen molar-refractivity contribution in [2.45, 2.75) is 6.18 Å². The van der Waals surface area contributed by atoms with Gasteiger partial charge in [-0.1, -0.05) is 6.07 Å². The minimum atomic E-state index is -4.54. The number of nitrogens with zero attached hydrogens (tertiary/aromatic N) is 2. The lowest BCUT2D eigenvalue weighted by Gasteiger charge is -2.17. The van der Waals surface area contributed by atoms with Crippen molar-refractivity contribution >= 4 is 17.2 Å². The lowest BCUT2D eigenvalue weighted by Crippen LogP contribution is -2.35. The fourth-order valence-electron chi connectivity index (χ4n) is 1.73. The Morgan fingerprint density at radius 1 is 1.27 bits per heavy atom. The van der Waals surface area contributed by atoms with Crippen molar-refractivity contribution in [3.63, 3.8) is 0 Å². The summed E-state index contributed by atoms with van der Waals surface area (Å²) < 4.78 is 64.0. The maximum absolute atomic E-state index is 13.6. The van der Waals surface area contributed by atoms with E-state index in [1.807, 2.05) is 0 Å². The van der Waals surface area contributed by atoms with E-state index in [0.717, 1.165) is 35.9 Å². The van der Waals surface area contributed by atoms with Gasteiger partial charge in [0, 0.05) is 12.4 Å². The third-order valence-corrected chi connectivity index (χ3v) is 3.52. The number of hydrogen-bond acceptors (Lipinski definition) is 3. The van der Waals surface area contributed by atoms with Gasteiger partial charge in [0.15, 0.2) is 0 Å². The smallest absolute Gasteiger partial charge is 0.331 e. The Morgan fingerprint density at radius 3 is 2.41 bits per heavy atom. The average molecular weight is 336 g/mol. The molecule has 0 bridgehead atoms. The SMILES string of the molecule is CN(CC(F)(F)F)C(=O)c1csc(-c2c(F)cccc2F)n1. The van der Waals surface area contributed by atoms with Gasteiger partial charge >= 0.3 is 6.18 Å². The zero-order chi connectivity index (χ0) is 16.5. The van der Waals surface area contributed by atoms with Crippen LogP contribution in [0, 0.1) is 11.6 Å². The molecular formula is C13H9F5N2OS. The number of rotatable bonds is 3. The summed E-state index contributed by atoms with van der Waals surface area (Å²) in [5, 5.41) is 1.05. The molecule has 1 aromatic heterocycles. The molecule has 0 fully saturated rings. The molecule has 2 aromatic rings. The summed E-state index contributed by atoms with van der Waals surface area (Å²) in [6, 6.07) is 3.22. The van der Waals surface area contributed by atoms with Gasteiger partial charge in [-0.15, -0.1) is 11.3 Å². The first kappa shape index (κ1) is 16.3. The monoisotopic (exact) mass is 336 g/mol. The second-order valence-electron chi connectivity index (χ2n) is 4.41. The number of benzene rings is 1. The highest BCUT2D eigenvalue weighted by molar-refractivity contribution is 7.13. The predicted molar refractivity (Wildman–Crippen MR) is 70.5 cm³/mol. The number of halogens is 5. The Kier molecular flexibility index (Phi) is 4.45. The molecule has 3 nitrogen and oxygen atoms in total. The van der Waals surface area contributed by atoms with Gasteiger partial charge in [-0.25, -0.2) is 13.8 Å². The number of hydrogen-bond donors (Lipinski definition) is 0. The highest BCUT2D eigenvalue weighted by atomic mass is 32.1. The number of carbonyl (C=O) groups excluding carboxylic acids is 1. The highest BCUT2D eigenvalue weighted by Crippen LogP contribution is 2.29. The number of alkyl halides is 3. The van der Waals surface area contributed by atoms with Crippen LogP contribution in [0.5, 0.6) is 0 Å². The van der Waals surface area contributed by atoms with Gasteiger partial charge in [0.05, 0.1) is 5.56 Å². The lowest BCUT2D eigenvalue weighted by molar-refractivity contribution is -0.138. The fourth-order valence-corrected chi connectivity index (χ4v) is 2.57. The Balaban J connectivity index is 2.27. The first-order valence-electron chi connectivity index (χ1n) is 5.91. The van der Waals surface area contributed by atoms with Crippen LogP contribution in [0.15, 0.2) is 23.6 Å². The van der Waals surface area contributed by atoms with E-state index in [-0.39, 0.29) is 10.7 Å². The zero-order valence-electron chi connectivity index (χ0n) is 11.1. The number of carbonyl (C=O) groups is 1. The van der Waals surface area contributed by atoms with Gasteiger partial charge in [0.25, 0.3) is 5.91 Å². The Bertz CT molecular complexity index is 678. The molecule has 0 aliphatic rings. The summed E-state index contributed by atoms with van der Waals surface area (Å²) in [6.07, 6.45) is -4.54. The lowest BCUT2D eigenvalue weighted by atomic mass is 10.2. The van der Waals surface area contributed by atoms with Crippen molar-refractivity contribution in [2.75, 3.05) is 13.6 Å². The third-order valence-electron chi connectivity index (χ3n) is 2.66. The number of thiazole rings is 1. The van der Waals surface area contributed by atoms with Crippen LogP contribution >= 0.6 is 11.3 Å². The first-order valence-corrected chi connectivity index (χ1v) is 6.79. The van der Waals surface area contributed by atoms with E-state index in [2.05, 4.69) is 4.98 Å². The molecule has 1 amide bonds. The van der Waals surface area contributed by atoms with Crippen LogP contribution in [0.4, 0.5) is 22.0 Å². The van der Waals surface area contributed by atoms with E-state index in [1.165, 1.54) is 6.07 Å². The average Bonchev–Trinajstić information content (AvgIpc) is 2.85. The van der Waals surface area contributed by atoms with Crippen LogP contribution in [-0.4, -0.2) is 35.6 Å². The summed E-state index contributed by atoms with van der Waals surface area (Å²) in [5.74, 6) is -2.70. The van der Waals surface area contributed by atoms with Gasteiger partial charge in [0.2, 0.25) is 0 Å². The minimum Gasteiger partial charge on any atom is -0.331 e. The highest BCUT2D eigenvalue weighted by Gasteiger charge is 2.32. The second kappa shape index (κ2) is 5.99. The molecule has 0 unspecified atom stereocenters. The van der Waals surface area contributed by atoms with Gasteiger partial charge in [0.1, 0.15) is 28.9 Å². The summed E-state index contributed by atoms with van der Waals surface area (Å²) >= 11 is 0.775. The van der Waals surface area contributed by atoms with Crippen molar-refractivity contribution in [3.05, 3.63) is 40.9 Å². The maximum Gasteiger partial charge on any atom is 0.406 e. The van der Waals surface area contributed by atoms with E-state index in [4.69, 9.17) is 0 Å². The van der Waals surface area contributed by atoms with Crippen LogP contribution in [0.2, 0.25) is 0 Å². The summed E-state index contributed by atoms with van der Waals surface area (Å²) in [5.41, 5.74) is -0.709. The largest absolute Gasteiger partial charge is 0.406 e. The first-order chi connectivity index (χ1) is 10.2. The van der Waals surface area contributed by atoms with Crippen molar-refractivity contribution in [2.24, 2.45) is 0 Å². The summed E-state index contributed by atoms with van der Waals surface area (Å²) in [6.45, 7) is -1.44. The van der Waals surface area contributed by atoms with Crippen LogP contribution in [0.25, 0.3) is 10.6 Å². The van der Waals surface area contributed by atoms with Crippen molar-refractivity contribution in [3.8, 4) is 10.6 Å². The van der Waals surface area contributed by atoms with Crippen molar-refractivity contribution in [1.82, 2.24) is 9.88 Å². The van der Waals surface area contributed by atoms with Gasteiger partial charge < -0.3 is 4.90 Å². The van der Waals surface area contributed by atoms with Crippen molar-refractivity contribution < 1.29 is 26.7 Å². The molecule has 0 aliphatic carbocycles. The molecule has 1 heterocycles. The van der Waals surface area contributed by atoms with Crippen LogP contribution in [-0.2, 0) is 0 Å². The molecule has 0 saturated heterocycles. The third kappa shape index (κ3) is 3.59. The van der Waals surface area contributed by atoms with Gasteiger partial charge in [-0.3, -0.25) is 4.79 Å². The van der Waals surface area contributed by atoms with E-state index in [9.17, 15) is 26.7 Å². The standard InChI is InChI=1S/C13H9F5N2OS/c1-20(6-13(16,17)18)12(21)9-5-22-11(19-9)10-7(14)3-2-4-8(10)15/h2-5H,6H2,1H3. The quantitative estimate of drug-likeness (QED) is 0.801. The Hall–Kier alpha value is -2.03. The summed E-state index contributed by atoms with van der Waals surface area (Å²) in [4.78, 5) is 16.0. The molecule has 0 spiro atoms. The second-order valence-corrected chi connectivity index (χ2v) is 5.27. The number of aromatic nitrogens is 1. The molecule has 0 aliphatic heterocycles. The molecule has 2 rings (SSSR count). The van der Waals surface area contributed by atoms with E-state index >= 15 is 0 Å². The zero-order valence-corrected chi connectivity index (χ0v) is 11.9. The molecule has 0 saturated carbocycles. The summed E-state index contributed by atoms with van der Waals surface area (Å²) in [7, 11) is 0.971. The van der Waals surface area contributed by atoms with E-state index in [1.54, 1.807) is 0 Å². The van der Waals surface area contributed by atoms with E-state index < -0.39 is 35.8 Å². The molecular weight excluding hydrogens is 327 g/mol. The molecule has 0 N–H and O–H groups in total.